The van der Waals surface area contributed by atoms with E-state index in [1.165, 1.54) is 89.9 Å². The zero-order valence-corrected chi connectivity index (χ0v) is 20.2. The second-order valence-electron chi connectivity index (χ2n) is 7.64. The molecule has 1 atom stereocenters. The van der Waals surface area contributed by atoms with E-state index in [0.29, 0.717) is 6.61 Å². The van der Waals surface area contributed by atoms with Gasteiger partial charge in [-0.1, -0.05) is 121 Å². The quantitative estimate of drug-likeness (QED) is 0.0604. The molecule has 0 spiro atoms. The Labute approximate surface area is 183 Å². The molecule has 172 valence electrons. The molecule has 0 aliphatic carbocycles. The van der Waals surface area contributed by atoms with E-state index in [4.69, 9.17) is 16.3 Å². The lowest BCUT2D eigenvalue weighted by molar-refractivity contribution is -0.212. The molecule has 0 aromatic heterocycles. The molecule has 0 fully saturated rings. The van der Waals surface area contributed by atoms with Gasteiger partial charge in [-0.3, -0.25) is 4.89 Å². The van der Waals surface area contributed by atoms with Crippen LogP contribution in [0.5, 0.6) is 0 Å². The van der Waals surface area contributed by atoms with Gasteiger partial charge in [0.1, 0.15) is 0 Å². The van der Waals surface area contributed by atoms with Crippen molar-refractivity contribution in [2.45, 2.75) is 116 Å². The first-order valence-corrected chi connectivity index (χ1v) is 14.1. The fourth-order valence-electron chi connectivity index (χ4n) is 3.15. The zero-order valence-electron chi connectivity index (χ0n) is 18.4. The van der Waals surface area contributed by atoms with Gasteiger partial charge in [-0.2, -0.15) is 0 Å². The number of unbranched alkanes of at least 4 members (excludes halogenated alkanes) is 16. The Balaban J connectivity index is 3.25. The Kier molecular flexibility index (Phi) is 20.8. The summed E-state index contributed by atoms with van der Waals surface area (Å²) < 4.78 is 9.55. The Morgan fingerprint density at radius 3 is 1.59 bits per heavy atom. The highest BCUT2D eigenvalue weighted by atomic mass is 32.5. The molecule has 0 rings (SSSR count). The minimum atomic E-state index is -3.51. The Morgan fingerprint density at radius 1 is 0.828 bits per heavy atom. The van der Waals surface area contributed by atoms with E-state index in [1.54, 1.807) is 0 Å². The van der Waals surface area contributed by atoms with E-state index in [-0.39, 0.29) is 0 Å². The highest BCUT2D eigenvalue weighted by molar-refractivity contribution is 8.07. The summed E-state index contributed by atoms with van der Waals surface area (Å²) in [5.74, 6) is -0.810. The van der Waals surface area contributed by atoms with E-state index >= 15 is 0 Å². The molecule has 29 heavy (non-hydrogen) atoms. The molecule has 0 bridgehead atoms. The monoisotopic (exact) mass is 450 g/mol. The van der Waals surface area contributed by atoms with Gasteiger partial charge in [0.25, 0.3) is 0 Å². The Bertz CT molecular complexity index is 445. The smallest absolute Gasteiger partial charge is 0.322 e. The van der Waals surface area contributed by atoms with Crippen LogP contribution >= 0.6 is 6.72 Å². The van der Waals surface area contributed by atoms with Crippen molar-refractivity contribution in [3.63, 3.8) is 0 Å². The molecule has 0 saturated heterocycles. The molecule has 0 amide bonds. The number of hydrogen-bond donors (Lipinski definition) is 1. The minimum Gasteiger partial charge on any atom is -0.322 e. The molecule has 0 heterocycles. The number of carbonyl (C=O) groups is 1. The molecule has 7 heteroatoms. The minimum absolute atomic E-state index is 0.304. The van der Waals surface area contributed by atoms with Crippen molar-refractivity contribution in [2.75, 3.05) is 6.61 Å². The molecule has 0 aromatic rings. The Morgan fingerprint density at radius 2 is 1.21 bits per heavy atom. The molecular weight excluding hydrogens is 407 g/mol. The SMILES string of the molecule is C=CC(=O)OOP(O)(=S)OCCCCCCCCCCCCCCCCCCC. The van der Waals surface area contributed by atoms with Crippen molar-refractivity contribution in [3.05, 3.63) is 12.7 Å². The van der Waals surface area contributed by atoms with Crippen LogP contribution < -0.4 is 0 Å². The predicted molar refractivity (Wildman–Crippen MR) is 124 cm³/mol. The lowest BCUT2D eigenvalue weighted by atomic mass is 10.0. The van der Waals surface area contributed by atoms with Crippen molar-refractivity contribution in [1.82, 2.24) is 0 Å². The van der Waals surface area contributed by atoms with Crippen LogP contribution in [0, 0.1) is 0 Å². The molecule has 0 aliphatic rings. The Hall–Kier alpha value is -0.260. The summed E-state index contributed by atoms with van der Waals surface area (Å²) in [5.41, 5.74) is 0. The van der Waals surface area contributed by atoms with Crippen molar-refractivity contribution in [1.29, 1.82) is 0 Å². The fraction of sp³-hybridized carbons (Fsp3) is 0.864. The lowest BCUT2D eigenvalue weighted by Crippen LogP contribution is -2.02. The van der Waals surface area contributed by atoms with Gasteiger partial charge in [0, 0.05) is 6.08 Å². The summed E-state index contributed by atoms with van der Waals surface area (Å²) in [6.07, 6.45) is 23.1. The largest absolute Gasteiger partial charge is 0.365 e. The topological polar surface area (TPSA) is 65.0 Å². The summed E-state index contributed by atoms with van der Waals surface area (Å²) in [5, 5.41) is 0. The van der Waals surface area contributed by atoms with Gasteiger partial charge < -0.3 is 9.42 Å². The molecule has 5 nitrogen and oxygen atoms in total. The van der Waals surface area contributed by atoms with Crippen molar-refractivity contribution >= 4 is 24.5 Å². The third-order valence-corrected chi connectivity index (χ3v) is 6.15. The summed E-state index contributed by atoms with van der Waals surface area (Å²) in [6, 6.07) is 0. The summed E-state index contributed by atoms with van der Waals surface area (Å²) >= 11 is 4.74. The van der Waals surface area contributed by atoms with E-state index in [2.05, 4.69) is 23.1 Å². The van der Waals surface area contributed by atoms with E-state index in [0.717, 1.165) is 25.3 Å². The van der Waals surface area contributed by atoms with Crippen LogP contribution in [0.15, 0.2) is 12.7 Å². The van der Waals surface area contributed by atoms with E-state index in [1.807, 2.05) is 0 Å². The second-order valence-corrected chi connectivity index (χ2v) is 10.4. The zero-order chi connectivity index (χ0) is 21.6. The van der Waals surface area contributed by atoms with Crippen LogP contribution in [-0.2, 0) is 30.7 Å². The van der Waals surface area contributed by atoms with Crippen molar-refractivity contribution < 1.29 is 23.8 Å². The van der Waals surface area contributed by atoms with Gasteiger partial charge in [-0.05, 0) is 18.2 Å². The number of carbonyl (C=O) groups excluding carboxylic acids is 1. The average molecular weight is 451 g/mol. The van der Waals surface area contributed by atoms with Crippen molar-refractivity contribution in [2.24, 2.45) is 0 Å². The highest BCUT2D eigenvalue weighted by Gasteiger charge is 2.18. The summed E-state index contributed by atoms with van der Waals surface area (Å²) in [6.45, 7) is 2.28. The number of hydrogen-bond acceptors (Lipinski definition) is 5. The van der Waals surface area contributed by atoms with Gasteiger partial charge in [-0.25, -0.2) is 4.79 Å². The first kappa shape index (κ1) is 28.7. The van der Waals surface area contributed by atoms with Crippen LogP contribution in [0.1, 0.15) is 116 Å². The van der Waals surface area contributed by atoms with Gasteiger partial charge in [-0.15, -0.1) is 0 Å². The van der Waals surface area contributed by atoms with Crippen LogP contribution in [0.4, 0.5) is 0 Å². The van der Waals surface area contributed by atoms with Crippen LogP contribution in [0.25, 0.3) is 0 Å². The maximum atomic E-state index is 10.8. The first-order valence-electron chi connectivity index (χ1n) is 11.5. The highest BCUT2D eigenvalue weighted by Crippen LogP contribution is 2.44. The predicted octanol–water partition coefficient (Wildman–Crippen LogP) is 7.53. The molecule has 0 aliphatic heterocycles. The summed E-state index contributed by atoms with van der Waals surface area (Å²) in [4.78, 5) is 24.8. The molecule has 0 saturated carbocycles. The van der Waals surface area contributed by atoms with Gasteiger partial charge in [0.05, 0.1) is 6.61 Å². The van der Waals surface area contributed by atoms with Gasteiger partial charge >= 0.3 is 12.7 Å². The molecular formula is C22H43O5PS. The van der Waals surface area contributed by atoms with Crippen LogP contribution in [0.3, 0.4) is 0 Å². The van der Waals surface area contributed by atoms with Gasteiger partial charge in [0.2, 0.25) is 0 Å². The second kappa shape index (κ2) is 21.0. The van der Waals surface area contributed by atoms with Gasteiger partial charge in [0.15, 0.2) is 0 Å². The van der Waals surface area contributed by atoms with Crippen molar-refractivity contribution in [3.8, 4) is 0 Å². The maximum Gasteiger partial charge on any atom is 0.365 e. The lowest BCUT2D eigenvalue weighted by Gasteiger charge is -2.13. The standard InChI is InChI=1S/C22H43O5PS/c1-3-5-6-7-8-9-10-11-12-13-14-15-16-17-18-19-20-21-25-28(24,29)27-26-22(23)4-2/h4H,2-3,5-21H2,1H3,(H,24,29). The number of rotatable bonds is 22. The maximum absolute atomic E-state index is 10.8. The van der Waals surface area contributed by atoms with E-state index in [9.17, 15) is 9.69 Å². The first-order chi connectivity index (χ1) is 14.0. The normalized spacial score (nSPS) is 13.2. The molecule has 1 N–H and O–H groups in total. The van der Waals surface area contributed by atoms with E-state index < -0.39 is 12.7 Å². The fourth-order valence-corrected chi connectivity index (χ4v) is 4.03. The molecule has 0 radical (unpaired) electrons. The molecule has 1 unspecified atom stereocenters. The third kappa shape index (κ3) is 22.3. The average Bonchev–Trinajstić information content (AvgIpc) is 2.71. The van der Waals surface area contributed by atoms with Crippen LogP contribution in [-0.4, -0.2) is 17.5 Å². The summed E-state index contributed by atoms with van der Waals surface area (Å²) in [7, 11) is 0. The third-order valence-electron chi connectivity index (χ3n) is 4.88. The molecule has 0 aromatic carbocycles. The van der Waals surface area contributed by atoms with Crippen LogP contribution in [0.2, 0.25) is 0 Å².